The molecule has 0 amide bonds. The van der Waals surface area contributed by atoms with Crippen LogP contribution >= 0.6 is 0 Å². The molecule has 3 rings (SSSR count). The molecule has 7 heteroatoms. The molecule has 0 bridgehead atoms. The van der Waals surface area contributed by atoms with E-state index < -0.39 is 4.92 Å². The number of H-pyrrole nitrogens is 1. The zero-order chi connectivity index (χ0) is 17.5. The van der Waals surface area contributed by atoms with Gasteiger partial charge in [0.25, 0.3) is 0 Å². The highest BCUT2D eigenvalue weighted by molar-refractivity contribution is 5.63. The average molecular weight is 338 g/mol. The van der Waals surface area contributed by atoms with Crippen molar-refractivity contribution in [3.63, 3.8) is 0 Å². The Hall–Kier alpha value is -3.19. The third kappa shape index (κ3) is 4.65. The molecule has 25 heavy (non-hydrogen) atoms. The van der Waals surface area contributed by atoms with Gasteiger partial charge in [0.2, 0.25) is 0 Å². The molecule has 1 aromatic heterocycles. The van der Waals surface area contributed by atoms with Crippen molar-refractivity contribution >= 4 is 5.82 Å². The number of ether oxygens (including phenoxy) is 1. The summed E-state index contributed by atoms with van der Waals surface area (Å²) in [5.74, 6) is -0.179. The van der Waals surface area contributed by atoms with Gasteiger partial charge in [-0.05, 0) is 21.6 Å². The first kappa shape index (κ1) is 16.7. The highest BCUT2D eigenvalue weighted by Gasteiger charge is 2.10. The minimum absolute atomic E-state index is 0.153. The maximum atomic E-state index is 10.5. The molecule has 0 radical (unpaired) electrons. The summed E-state index contributed by atoms with van der Waals surface area (Å²) in [5, 5.41) is 13.8. The van der Waals surface area contributed by atoms with Gasteiger partial charge in [-0.3, -0.25) is 0 Å². The number of benzene rings is 2. The first-order valence-electron chi connectivity index (χ1n) is 7.89. The molecule has 0 saturated carbocycles. The second-order valence-corrected chi connectivity index (χ2v) is 5.42. The van der Waals surface area contributed by atoms with Gasteiger partial charge in [-0.2, -0.15) is 9.97 Å². The summed E-state index contributed by atoms with van der Waals surface area (Å²) in [6.45, 7) is 1.69. The molecule has 0 saturated heterocycles. The summed E-state index contributed by atoms with van der Waals surface area (Å²) in [7, 11) is 0. The first-order chi connectivity index (χ1) is 12.2. The second-order valence-electron chi connectivity index (χ2n) is 5.42. The van der Waals surface area contributed by atoms with E-state index in [0.29, 0.717) is 13.2 Å². The number of nitrogens with one attached hydrogen (secondary N) is 2. The standard InChI is InChI=1S/C18H18N4O3/c23-22(24)17-13-20-18(21-17)25-11-10-19-12-14-6-8-16(9-7-14)15-4-2-1-3-5-15/h1-9,13,19H,10-12H2,(H,20,21). The Bertz CT molecular complexity index is 816. The molecule has 7 nitrogen and oxygen atoms in total. The number of nitro groups is 1. The largest absolute Gasteiger partial charge is 0.446 e. The van der Waals surface area contributed by atoms with Crippen LogP contribution in [0.5, 0.6) is 6.01 Å². The molecule has 0 fully saturated rings. The maximum Gasteiger partial charge on any atom is 0.388 e. The monoisotopic (exact) mass is 338 g/mol. The molecule has 0 unspecified atom stereocenters. The van der Waals surface area contributed by atoms with Crippen LogP contribution in [0.2, 0.25) is 0 Å². The Kier molecular flexibility index (Phi) is 5.38. The number of aromatic nitrogens is 2. The van der Waals surface area contributed by atoms with Crippen LogP contribution < -0.4 is 10.1 Å². The Morgan fingerprint density at radius 3 is 2.48 bits per heavy atom. The number of imidazole rings is 1. The Morgan fingerprint density at radius 2 is 1.80 bits per heavy atom. The van der Waals surface area contributed by atoms with Gasteiger partial charge >= 0.3 is 11.8 Å². The Balaban J connectivity index is 1.41. The molecule has 3 aromatic rings. The van der Waals surface area contributed by atoms with Crippen LogP contribution in [0, 0.1) is 10.1 Å². The quantitative estimate of drug-likeness (QED) is 0.374. The van der Waals surface area contributed by atoms with Crippen LogP contribution in [0.3, 0.4) is 0 Å². The van der Waals surface area contributed by atoms with Gasteiger partial charge in [0.15, 0.2) is 0 Å². The number of aromatic amines is 1. The number of rotatable bonds is 8. The molecule has 0 aliphatic heterocycles. The van der Waals surface area contributed by atoms with E-state index in [1.54, 1.807) is 0 Å². The minimum atomic E-state index is -0.544. The van der Waals surface area contributed by atoms with Gasteiger partial charge in [0.1, 0.15) is 12.8 Å². The molecule has 2 N–H and O–H groups in total. The van der Waals surface area contributed by atoms with Crippen LogP contribution in [-0.2, 0) is 6.54 Å². The normalized spacial score (nSPS) is 10.6. The van der Waals surface area contributed by atoms with Crippen molar-refractivity contribution in [2.45, 2.75) is 6.54 Å². The van der Waals surface area contributed by atoms with Crippen LogP contribution in [-0.4, -0.2) is 28.0 Å². The molecule has 128 valence electrons. The van der Waals surface area contributed by atoms with E-state index >= 15 is 0 Å². The van der Waals surface area contributed by atoms with E-state index in [9.17, 15) is 10.1 Å². The summed E-state index contributed by atoms with van der Waals surface area (Å²) in [6, 6.07) is 18.8. The second kappa shape index (κ2) is 8.07. The lowest BCUT2D eigenvalue weighted by Crippen LogP contribution is -2.20. The van der Waals surface area contributed by atoms with Crippen molar-refractivity contribution in [3.05, 3.63) is 76.5 Å². The van der Waals surface area contributed by atoms with Crippen molar-refractivity contribution < 1.29 is 9.66 Å². The lowest BCUT2D eigenvalue weighted by Gasteiger charge is -2.06. The summed E-state index contributed by atoms with van der Waals surface area (Å²) in [5.41, 5.74) is 3.56. The average Bonchev–Trinajstić information content (AvgIpc) is 3.12. The van der Waals surface area contributed by atoms with Crippen molar-refractivity contribution in [1.82, 2.24) is 15.3 Å². The predicted octanol–water partition coefficient (Wildman–Crippen LogP) is 3.15. The number of nitrogens with zero attached hydrogens (tertiary/aromatic N) is 2. The van der Waals surface area contributed by atoms with Crippen LogP contribution in [0.4, 0.5) is 5.82 Å². The van der Waals surface area contributed by atoms with E-state index in [1.807, 2.05) is 18.2 Å². The zero-order valence-electron chi connectivity index (χ0n) is 13.5. The highest BCUT2D eigenvalue weighted by Crippen LogP contribution is 2.19. The Labute approximate surface area is 144 Å². The first-order valence-corrected chi connectivity index (χ1v) is 7.89. The van der Waals surface area contributed by atoms with Crippen LogP contribution in [0.15, 0.2) is 60.8 Å². The van der Waals surface area contributed by atoms with Gasteiger partial charge in [-0.15, -0.1) is 0 Å². The highest BCUT2D eigenvalue weighted by atomic mass is 16.6. The lowest BCUT2D eigenvalue weighted by molar-refractivity contribution is -0.389. The maximum absolute atomic E-state index is 10.5. The van der Waals surface area contributed by atoms with E-state index in [2.05, 4.69) is 51.7 Å². The molecular weight excluding hydrogens is 320 g/mol. The SMILES string of the molecule is O=[N+]([O-])c1cnc(OCCNCc2ccc(-c3ccccc3)cc2)[nH]1. The molecule has 0 spiro atoms. The predicted molar refractivity (Wildman–Crippen MR) is 94.3 cm³/mol. The molecule has 0 aliphatic rings. The third-order valence-corrected chi connectivity index (χ3v) is 3.64. The van der Waals surface area contributed by atoms with Crippen molar-refractivity contribution in [2.24, 2.45) is 0 Å². The Morgan fingerprint density at radius 1 is 1.08 bits per heavy atom. The molecule has 0 aliphatic carbocycles. The van der Waals surface area contributed by atoms with Crippen molar-refractivity contribution in [1.29, 1.82) is 0 Å². The van der Waals surface area contributed by atoms with Crippen LogP contribution in [0.25, 0.3) is 11.1 Å². The molecule has 0 atom stereocenters. The van der Waals surface area contributed by atoms with Crippen molar-refractivity contribution in [3.8, 4) is 17.1 Å². The van der Waals surface area contributed by atoms with Gasteiger partial charge in [-0.25, -0.2) is 0 Å². The van der Waals surface area contributed by atoms with Crippen LogP contribution in [0.1, 0.15) is 5.56 Å². The number of hydrogen-bond donors (Lipinski definition) is 2. The molecule has 2 aromatic carbocycles. The van der Waals surface area contributed by atoms with E-state index in [-0.39, 0.29) is 11.8 Å². The summed E-state index contributed by atoms with van der Waals surface area (Å²) >= 11 is 0. The van der Waals surface area contributed by atoms with Gasteiger partial charge in [0, 0.05) is 13.1 Å². The summed E-state index contributed by atoms with van der Waals surface area (Å²) in [4.78, 5) is 16.3. The summed E-state index contributed by atoms with van der Waals surface area (Å²) < 4.78 is 5.32. The zero-order valence-corrected chi connectivity index (χ0v) is 13.5. The smallest absolute Gasteiger partial charge is 0.388 e. The third-order valence-electron chi connectivity index (χ3n) is 3.64. The minimum Gasteiger partial charge on any atom is -0.446 e. The van der Waals surface area contributed by atoms with Crippen molar-refractivity contribution in [2.75, 3.05) is 13.2 Å². The lowest BCUT2D eigenvalue weighted by atomic mass is 10.0. The van der Waals surface area contributed by atoms with Gasteiger partial charge in [-0.1, -0.05) is 54.6 Å². The van der Waals surface area contributed by atoms with E-state index in [4.69, 9.17) is 4.74 Å². The van der Waals surface area contributed by atoms with Gasteiger partial charge < -0.3 is 20.2 Å². The molecular formula is C18H18N4O3. The fourth-order valence-electron chi connectivity index (χ4n) is 2.36. The van der Waals surface area contributed by atoms with Gasteiger partial charge in [0.05, 0.1) is 0 Å². The fraction of sp³-hybridized carbons (Fsp3) is 0.167. The number of hydrogen-bond acceptors (Lipinski definition) is 5. The van der Waals surface area contributed by atoms with E-state index in [1.165, 1.54) is 16.7 Å². The topological polar surface area (TPSA) is 93.1 Å². The van der Waals surface area contributed by atoms with E-state index in [0.717, 1.165) is 12.7 Å². The fourth-order valence-corrected chi connectivity index (χ4v) is 2.36. The molecule has 1 heterocycles. The summed E-state index contributed by atoms with van der Waals surface area (Å²) in [6.07, 6.45) is 1.14.